The monoisotopic (exact) mass is 286 g/mol. The topological polar surface area (TPSA) is 17.8 Å². The molecule has 0 N–H and O–H groups in total. The van der Waals surface area contributed by atoms with Gasteiger partial charge in [-0.1, -0.05) is 36.4 Å². The molecule has 0 amide bonds. The maximum absolute atomic E-state index is 13.7. The van der Waals surface area contributed by atoms with E-state index in [-0.39, 0.29) is 5.82 Å². The molecule has 0 spiro atoms. The van der Waals surface area contributed by atoms with Crippen LogP contribution in [-0.4, -0.2) is 9.78 Å². The second-order valence-corrected chi connectivity index (χ2v) is 4.87. The number of alkyl halides is 1. The average Bonchev–Trinajstić information content (AvgIpc) is 2.98. The SMILES string of the molecule is Fc1ccccc1C(Cl)c1cnn(-c2ccccc2)c1. The van der Waals surface area contributed by atoms with Crippen LogP contribution in [0.1, 0.15) is 16.5 Å². The summed E-state index contributed by atoms with van der Waals surface area (Å²) in [5, 5.41) is 3.72. The van der Waals surface area contributed by atoms with E-state index in [1.807, 2.05) is 36.5 Å². The van der Waals surface area contributed by atoms with Crippen LogP contribution in [0.5, 0.6) is 0 Å². The minimum absolute atomic E-state index is 0.306. The van der Waals surface area contributed by atoms with E-state index in [1.54, 1.807) is 29.1 Å². The van der Waals surface area contributed by atoms with Crippen molar-refractivity contribution in [3.63, 3.8) is 0 Å². The quantitative estimate of drug-likeness (QED) is 0.655. The van der Waals surface area contributed by atoms with Crippen molar-refractivity contribution >= 4 is 11.6 Å². The van der Waals surface area contributed by atoms with Crippen molar-refractivity contribution in [2.24, 2.45) is 0 Å². The van der Waals surface area contributed by atoms with E-state index >= 15 is 0 Å². The predicted molar refractivity (Wildman–Crippen MR) is 77.7 cm³/mol. The number of nitrogens with zero attached hydrogens (tertiary/aromatic N) is 2. The Bertz CT molecular complexity index is 709. The first-order valence-electron chi connectivity index (χ1n) is 6.24. The highest BCUT2D eigenvalue weighted by Crippen LogP contribution is 2.30. The minimum atomic E-state index is -0.548. The molecule has 0 aliphatic rings. The lowest BCUT2D eigenvalue weighted by Crippen LogP contribution is -1.96. The van der Waals surface area contributed by atoms with Crippen molar-refractivity contribution in [1.29, 1.82) is 0 Å². The third-order valence-corrected chi connectivity index (χ3v) is 3.58. The largest absolute Gasteiger partial charge is 0.241 e. The Labute approximate surface area is 121 Å². The van der Waals surface area contributed by atoms with Gasteiger partial charge in [-0.05, 0) is 18.2 Å². The maximum atomic E-state index is 13.7. The van der Waals surface area contributed by atoms with Gasteiger partial charge >= 0.3 is 0 Å². The molecular weight excluding hydrogens is 275 g/mol. The lowest BCUT2D eigenvalue weighted by Gasteiger charge is -2.08. The van der Waals surface area contributed by atoms with Crippen LogP contribution in [0.3, 0.4) is 0 Å². The van der Waals surface area contributed by atoms with E-state index in [1.165, 1.54) is 6.07 Å². The molecule has 0 fully saturated rings. The van der Waals surface area contributed by atoms with Gasteiger partial charge in [0, 0.05) is 17.3 Å². The van der Waals surface area contributed by atoms with E-state index in [9.17, 15) is 4.39 Å². The van der Waals surface area contributed by atoms with Crippen LogP contribution in [0, 0.1) is 5.82 Å². The zero-order chi connectivity index (χ0) is 13.9. The van der Waals surface area contributed by atoms with Gasteiger partial charge in [0.1, 0.15) is 5.82 Å². The van der Waals surface area contributed by atoms with Crippen LogP contribution in [0.15, 0.2) is 67.0 Å². The predicted octanol–water partition coefficient (Wildman–Crippen LogP) is 4.34. The van der Waals surface area contributed by atoms with Crippen molar-refractivity contribution in [3.8, 4) is 5.69 Å². The number of hydrogen-bond acceptors (Lipinski definition) is 1. The Morgan fingerprint density at radius 2 is 1.70 bits per heavy atom. The Hall–Kier alpha value is -2.13. The van der Waals surface area contributed by atoms with E-state index in [4.69, 9.17) is 11.6 Å². The lowest BCUT2D eigenvalue weighted by atomic mass is 10.1. The third-order valence-electron chi connectivity index (χ3n) is 3.09. The van der Waals surface area contributed by atoms with Crippen molar-refractivity contribution in [2.75, 3.05) is 0 Å². The summed E-state index contributed by atoms with van der Waals surface area (Å²) in [5.41, 5.74) is 2.17. The zero-order valence-electron chi connectivity index (χ0n) is 10.6. The fourth-order valence-electron chi connectivity index (χ4n) is 2.05. The standard InChI is InChI=1S/C16H12ClFN2/c17-16(14-8-4-5-9-15(14)18)12-10-19-20(11-12)13-6-2-1-3-7-13/h1-11,16H. The lowest BCUT2D eigenvalue weighted by molar-refractivity contribution is 0.612. The van der Waals surface area contributed by atoms with Crippen molar-refractivity contribution in [2.45, 2.75) is 5.38 Å². The Balaban J connectivity index is 1.93. The summed E-state index contributed by atoms with van der Waals surface area (Å²) in [4.78, 5) is 0. The molecular formula is C16H12ClFN2. The first-order valence-corrected chi connectivity index (χ1v) is 6.68. The van der Waals surface area contributed by atoms with Crippen molar-refractivity contribution in [3.05, 3.63) is 83.9 Å². The number of halogens is 2. The highest BCUT2D eigenvalue weighted by atomic mass is 35.5. The van der Waals surface area contributed by atoms with E-state index < -0.39 is 5.38 Å². The van der Waals surface area contributed by atoms with Crippen LogP contribution < -0.4 is 0 Å². The van der Waals surface area contributed by atoms with E-state index in [0.717, 1.165) is 11.3 Å². The van der Waals surface area contributed by atoms with Crippen molar-refractivity contribution < 1.29 is 4.39 Å². The van der Waals surface area contributed by atoms with Gasteiger partial charge in [-0.2, -0.15) is 5.10 Å². The fourth-order valence-corrected chi connectivity index (χ4v) is 2.34. The molecule has 1 heterocycles. The molecule has 0 radical (unpaired) electrons. The van der Waals surface area contributed by atoms with Gasteiger partial charge in [0.05, 0.1) is 17.3 Å². The Morgan fingerprint density at radius 1 is 1.00 bits per heavy atom. The Morgan fingerprint density at radius 3 is 2.45 bits per heavy atom. The van der Waals surface area contributed by atoms with Gasteiger partial charge in [-0.15, -0.1) is 11.6 Å². The van der Waals surface area contributed by atoms with Gasteiger partial charge in [-0.25, -0.2) is 9.07 Å². The summed E-state index contributed by atoms with van der Waals surface area (Å²) in [5.74, 6) is -0.306. The molecule has 100 valence electrons. The molecule has 0 aliphatic heterocycles. The molecule has 4 heteroatoms. The molecule has 3 aromatic rings. The molecule has 20 heavy (non-hydrogen) atoms. The summed E-state index contributed by atoms with van der Waals surface area (Å²) in [6, 6.07) is 16.2. The molecule has 3 rings (SSSR count). The second kappa shape index (κ2) is 5.47. The van der Waals surface area contributed by atoms with Crippen LogP contribution in [-0.2, 0) is 0 Å². The van der Waals surface area contributed by atoms with Crippen molar-refractivity contribution in [1.82, 2.24) is 9.78 Å². The number of benzene rings is 2. The van der Waals surface area contributed by atoms with Crippen LogP contribution in [0.25, 0.3) is 5.69 Å². The molecule has 0 aliphatic carbocycles. The Kier molecular flexibility index (Phi) is 3.52. The summed E-state index contributed by atoms with van der Waals surface area (Å²) in [6.07, 6.45) is 3.48. The number of rotatable bonds is 3. The molecule has 2 aromatic carbocycles. The van der Waals surface area contributed by atoms with Gasteiger partial charge in [0.2, 0.25) is 0 Å². The molecule has 2 nitrogen and oxygen atoms in total. The molecule has 0 bridgehead atoms. The molecule has 1 aromatic heterocycles. The first-order chi connectivity index (χ1) is 9.75. The summed E-state index contributed by atoms with van der Waals surface area (Å²) in [6.45, 7) is 0. The van der Waals surface area contributed by atoms with E-state index in [0.29, 0.717) is 5.56 Å². The minimum Gasteiger partial charge on any atom is -0.241 e. The fraction of sp³-hybridized carbons (Fsp3) is 0.0625. The summed E-state index contributed by atoms with van der Waals surface area (Å²) < 4.78 is 15.5. The smallest absolute Gasteiger partial charge is 0.128 e. The van der Waals surface area contributed by atoms with Crippen LogP contribution in [0.2, 0.25) is 0 Å². The number of hydrogen-bond donors (Lipinski definition) is 0. The number of para-hydroxylation sites is 1. The summed E-state index contributed by atoms with van der Waals surface area (Å²) >= 11 is 6.34. The third kappa shape index (κ3) is 2.45. The normalized spacial score (nSPS) is 12.3. The highest BCUT2D eigenvalue weighted by molar-refractivity contribution is 6.22. The molecule has 0 saturated carbocycles. The van der Waals surface area contributed by atoms with Gasteiger partial charge in [0.15, 0.2) is 0 Å². The molecule has 1 atom stereocenters. The zero-order valence-corrected chi connectivity index (χ0v) is 11.3. The van der Waals surface area contributed by atoms with Gasteiger partial charge in [-0.3, -0.25) is 0 Å². The number of aromatic nitrogens is 2. The molecule has 1 unspecified atom stereocenters. The first kappa shape index (κ1) is 12.9. The maximum Gasteiger partial charge on any atom is 0.128 e. The molecule has 0 saturated heterocycles. The van der Waals surface area contributed by atoms with Crippen LogP contribution in [0.4, 0.5) is 4.39 Å². The van der Waals surface area contributed by atoms with Crippen LogP contribution >= 0.6 is 11.6 Å². The van der Waals surface area contributed by atoms with E-state index in [2.05, 4.69) is 5.10 Å². The summed E-state index contributed by atoms with van der Waals surface area (Å²) in [7, 11) is 0. The second-order valence-electron chi connectivity index (χ2n) is 4.44. The average molecular weight is 287 g/mol. The van der Waals surface area contributed by atoms with Gasteiger partial charge in [0.25, 0.3) is 0 Å². The highest BCUT2D eigenvalue weighted by Gasteiger charge is 2.16. The van der Waals surface area contributed by atoms with Gasteiger partial charge < -0.3 is 0 Å².